The van der Waals surface area contributed by atoms with Crippen LogP contribution in [-0.4, -0.2) is 12.6 Å². The summed E-state index contributed by atoms with van der Waals surface area (Å²) in [5, 5.41) is 0. The number of ether oxygens (including phenoxy) is 1. The van der Waals surface area contributed by atoms with E-state index in [1.165, 1.54) is 40.8 Å². The Bertz CT molecular complexity index is 821. The van der Waals surface area contributed by atoms with E-state index in [0.29, 0.717) is 12.2 Å². The summed E-state index contributed by atoms with van der Waals surface area (Å²) in [5.41, 5.74) is 6.03. The first-order valence-corrected chi connectivity index (χ1v) is 8.89. The minimum absolute atomic E-state index is 0.252. The maximum Gasteiger partial charge on any atom is 0.338 e. The van der Waals surface area contributed by atoms with E-state index in [2.05, 4.69) is 24.3 Å². The second-order valence-electron chi connectivity index (χ2n) is 5.92. The zero-order valence-electron chi connectivity index (χ0n) is 13.1. The third kappa shape index (κ3) is 2.70. The van der Waals surface area contributed by atoms with E-state index < -0.39 is 0 Å². The molecular formula is C20H18O2S. The molecular weight excluding hydrogens is 304 g/mol. The summed E-state index contributed by atoms with van der Waals surface area (Å²) in [7, 11) is 0. The van der Waals surface area contributed by atoms with Crippen molar-refractivity contribution in [2.75, 3.05) is 6.61 Å². The predicted molar refractivity (Wildman–Crippen MR) is 93.9 cm³/mol. The summed E-state index contributed by atoms with van der Waals surface area (Å²) >= 11 is 1.75. The fourth-order valence-corrected chi connectivity index (χ4v) is 4.36. The predicted octanol–water partition coefficient (Wildman–Crippen LogP) is 4.99. The number of carbonyl (C=O) groups is 1. The first-order valence-electron chi connectivity index (χ1n) is 8.07. The summed E-state index contributed by atoms with van der Waals surface area (Å²) < 4.78 is 5.11. The molecule has 0 unspecified atom stereocenters. The highest BCUT2D eigenvalue weighted by Crippen LogP contribution is 2.40. The van der Waals surface area contributed by atoms with Crippen LogP contribution in [0.4, 0.5) is 0 Å². The molecule has 1 aliphatic heterocycles. The zero-order chi connectivity index (χ0) is 15.8. The zero-order valence-corrected chi connectivity index (χ0v) is 13.9. The monoisotopic (exact) mass is 322 g/mol. The van der Waals surface area contributed by atoms with Crippen molar-refractivity contribution in [2.24, 2.45) is 0 Å². The van der Waals surface area contributed by atoms with Gasteiger partial charge in [-0.05, 0) is 66.6 Å². The summed E-state index contributed by atoms with van der Waals surface area (Å²) in [6.07, 6.45) is 7.97. The highest BCUT2D eigenvalue weighted by Gasteiger charge is 2.18. The van der Waals surface area contributed by atoms with Crippen LogP contribution >= 0.6 is 11.8 Å². The summed E-state index contributed by atoms with van der Waals surface area (Å²) in [6, 6.07) is 10.5. The molecule has 4 rings (SSSR count). The van der Waals surface area contributed by atoms with Gasteiger partial charge in [-0.3, -0.25) is 0 Å². The van der Waals surface area contributed by atoms with Gasteiger partial charge in [-0.1, -0.05) is 36.0 Å². The molecule has 2 aliphatic rings. The van der Waals surface area contributed by atoms with Crippen LogP contribution in [0.3, 0.4) is 0 Å². The fourth-order valence-electron chi connectivity index (χ4n) is 3.24. The third-order valence-corrected chi connectivity index (χ3v) is 5.56. The van der Waals surface area contributed by atoms with E-state index in [1.807, 2.05) is 25.1 Å². The fraction of sp³-hybridized carbons (Fsp3) is 0.250. The van der Waals surface area contributed by atoms with Crippen LogP contribution in [0, 0.1) is 0 Å². The van der Waals surface area contributed by atoms with Crippen molar-refractivity contribution in [3.63, 3.8) is 0 Å². The van der Waals surface area contributed by atoms with E-state index in [0.717, 1.165) is 10.5 Å². The van der Waals surface area contributed by atoms with Gasteiger partial charge in [0.1, 0.15) is 0 Å². The highest BCUT2D eigenvalue weighted by molar-refractivity contribution is 7.99. The molecule has 23 heavy (non-hydrogen) atoms. The molecule has 1 aliphatic carbocycles. The number of hydrogen-bond acceptors (Lipinski definition) is 3. The molecule has 2 aromatic carbocycles. The maximum absolute atomic E-state index is 12.0. The lowest BCUT2D eigenvalue weighted by Crippen LogP contribution is -2.04. The summed E-state index contributed by atoms with van der Waals surface area (Å²) in [6.45, 7) is 2.23. The second kappa shape index (κ2) is 5.89. The Hall–Kier alpha value is -2.00. The number of esters is 1. The molecule has 0 spiro atoms. The van der Waals surface area contributed by atoms with Gasteiger partial charge in [0.15, 0.2) is 0 Å². The Labute approximate surface area is 140 Å². The van der Waals surface area contributed by atoms with E-state index >= 15 is 0 Å². The van der Waals surface area contributed by atoms with Gasteiger partial charge in [0, 0.05) is 9.79 Å². The van der Waals surface area contributed by atoms with Crippen molar-refractivity contribution in [1.29, 1.82) is 0 Å². The van der Waals surface area contributed by atoms with Gasteiger partial charge in [-0.25, -0.2) is 4.79 Å². The standard InChI is InChI=1S/C20H18O2S/c1-2-22-20(21)17-9-7-13-6-8-16-10-14-4-3-5-15(14)11-19(16)23-18(13)12-17/h6-12H,2-5H2,1H3. The number of rotatable bonds is 2. The quantitative estimate of drug-likeness (QED) is 0.622. The van der Waals surface area contributed by atoms with Crippen molar-refractivity contribution in [2.45, 2.75) is 36.0 Å². The van der Waals surface area contributed by atoms with E-state index in [1.54, 1.807) is 11.8 Å². The minimum Gasteiger partial charge on any atom is -0.462 e. The van der Waals surface area contributed by atoms with Gasteiger partial charge in [-0.15, -0.1) is 0 Å². The van der Waals surface area contributed by atoms with Crippen LogP contribution in [0.5, 0.6) is 0 Å². The average molecular weight is 322 g/mol. The van der Waals surface area contributed by atoms with Crippen LogP contribution in [0.2, 0.25) is 0 Å². The largest absolute Gasteiger partial charge is 0.462 e. The van der Waals surface area contributed by atoms with Gasteiger partial charge in [-0.2, -0.15) is 0 Å². The van der Waals surface area contributed by atoms with E-state index in [4.69, 9.17) is 4.74 Å². The minimum atomic E-state index is -0.252. The van der Waals surface area contributed by atoms with Crippen LogP contribution in [0.1, 0.15) is 46.0 Å². The molecule has 0 amide bonds. The Kier molecular flexibility index (Phi) is 3.74. The number of fused-ring (bicyclic) bond motifs is 3. The molecule has 0 N–H and O–H groups in total. The average Bonchev–Trinajstić information content (AvgIpc) is 2.92. The number of aryl methyl sites for hydroxylation is 2. The highest BCUT2D eigenvalue weighted by atomic mass is 32.2. The van der Waals surface area contributed by atoms with Crippen molar-refractivity contribution >= 4 is 29.9 Å². The van der Waals surface area contributed by atoms with Crippen molar-refractivity contribution in [1.82, 2.24) is 0 Å². The van der Waals surface area contributed by atoms with Gasteiger partial charge in [0.25, 0.3) is 0 Å². The molecule has 116 valence electrons. The van der Waals surface area contributed by atoms with E-state index in [-0.39, 0.29) is 5.97 Å². The molecule has 0 saturated carbocycles. The molecule has 2 aromatic rings. The lowest BCUT2D eigenvalue weighted by Gasteiger charge is -2.10. The summed E-state index contributed by atoms with van der Waals surface area (Å²) in [5.74, 6) is -0.252. The van der Waals surface area contributed by atoms with Crippen LogP contribution < -0.4 is 0 Å². The van der Waals surface area contributed by atoms with Crippen LogP contribution in [0.25, 0.3) is 12.2 Å². The molecule has 0 fully saturated rings. The molecule has 0 radical (unpaired) electrons. The number of hydrogen-bond donors (Lipinski definition) is 0. The lowest BCUT2D eigenvalue weighted by atomic mass is 10.0. The molecule has 2 nitrogen and oxygen atoms in total. The maximum atomic E-state index is 12.0. The van der Waals surface area contributed by atoms with Crippen molar-refractivity contribution in [3.8, 4) is 0 Å². The van der Waals surface area contributed by atoms with Crippen molar-refractivity contribution in [3.05, 3.63) is 58.1 Å². The van der Waals surface area contributed by atoms with Gasteiger partial charge in [0.05, 0.1) is 12.2 Å². The Morgan fingerprint density at radius 2 is 1.78 bits per heavy atom. The molecule has 0 atom stereocenters. The van der Waals surface area contributed by atoms with E-state index in [9.17, 15) is 4.79 Å². The molecule has 1 heterocycles. The third-order valence-electron chi connectivity index (χ3n) is 4.41. The van der Waals surface area contributed by atoms with Gasteiger partial charge < -0.3 is 4.74 Å². The normalized spacial score (nSPS) is 14.7. The SMILES string of the molecule is CCOC(=O)c1ccc2c(c1)Sc1cc3c(cc1C=C2)CCC3. The Morgan fingerprint density at radius 1 is 1.04 bits per heavy atom. The summed E-state index contributed by atoms with van der Waals surface area (Å²) in [4.78, 5) is 14.4. The molecule has 3 heteroatoms. The first kappa shape index (κ1) is 14.6. The Balaban J connectivity index is 1.74. The van der Waals surface area contributed by atoms with Crippen LogP contribution in [-0.2, 0) is 17.6 Å². The Morgan fingerprint density at radius 3 is 2.61 bits per heavy atom. The molecule has 0 aromatic heterocycles. The van der Waals surface area contributed by atoms with Crippen molar-refractivity contribution < 1.29 is 9.53 Å². The number of benzene rings is 2. The topological polar surface area (TPSA) is 26.3 Å². The van der Waals surface area contributed by atoms with Gasteiger partial charge in [0.2, 0.25) is 0 Å². The molecule has 0 bridgehead atoms. The lowest BCUT2D eigenvalue weighted by molar-refractivity contribution is 0.0526. The smallest absolute Gasteiger partial charge is 0.338 e. The molecule has 0 saturated heterocycles. The second-order valence-corrected chi connectivity index (χ2v) is 7.00. The van der Waals surface area contributed by atoms with Crippen LogP contribution in [0.15, 0.2) is 40.1 Å². The number of carbonyl (C=O) groups excluding carboxylic acids is 1. The van der Waals surface area contributed by atoms with Gasteiger partial charge >= 0.3 is 5.97 Å². The first-order chi connectivity index (χ1) is 11.2.